The van der Waals surface area contributed by atoms with E-state index < -0.39 is 0 Å². The zero-order valence-electron chi connectivity index (χ0n) is 10.8. The van der Waals surface area contributed by atoms with Crippen molar-refractivity contribution >= 4 is 15.9 Å². The number of rotatable bonds is 3. The van der Waals surface area contributed by atoms with Gasteiger partial charge in [0.05, 0.1) is 6.20 Å². The molecule has 4 heteroatoms. The zero-order chi connectivity index (χ0) is 13.1. The van der Waals surface area contributed by atoms with Crippen molar-refractivity contribution in [3.63, 3.8) is 0 Å². The molecule has 1 N–H and O–H groups in total. The van der Waals surface area contributed by atoms with Crippen LogP contribution in [0, 0.1) is 5.92 Å². The van der Waals surface area contributed by atoms with Gasteiger partial charge in [0, 0.05) is 22.8 Å². The summed E-state index contributed by atoms with van der Waals surface area (Å²) in [7, 11) is 0. The number of benzene rings is 1. The van der Waals surface area contributed by atoms with Gasteiger partial charge in [-0.3, -0.25) is 4.68 Å². The highest BCUT2D eigenvalue weighted by Gasteiger charge is 2.14. The molecule has 0 unspecified atom stereocenters. The summed E-state index contributed by atoms with van der Waals surface area (Å²) in [5.74, 6) is 0.758. The second kappa shape index (κ2) is 5.88. The van der Waals surface area contributed by atoms with E-state index in [4.69, 9.17) is 0 Å². The van der Waals surface area contributed by atoms with E-state index in [9.17, 15) is 0 Å². The molecule has 1 saturated heterocycles. The maximum Gasteiger partial charge on any atom is 0.0568 e. The molecule has 0 amide bonds. The first kappa shape index (κ1) is 12.9. The summed E-state index contributed by atoms with van der Waals surface area (Å²) in [6.45, 7) is 3.32. The highest BCUT2D eigenvalue weighted by atomic mass is 79.9. The maximum atomic E-state index is 4.50. The lowest BCUT2D eigenvalue weighted by atomic mass is 9.98. The Morgan fingerprint density at radius 3 is 2.84 bits per heavy atom. The molecule has 1 fully saturated rings. The molecule has 100 valence electrons. The number of nitrogens with one attached hydrogen (secondary N) is 1. The fraction of sp³-hybridized carbons (Fsp3) is 0.400. The second-order valence-corrected chi connectivity index (χ2v) is 5.98. The van der Waals surface area contributed by atoms with Gasteiger partial charge in [0.1, 0.15) is 0 Å². The first-order chi connectivity index (χ1) is 9.33. The molecule has 0 saturated carbocycles. The van der Waals surface area contributed by atoms with Crippen molar-refractivity contribution < 1.29 is 0 Å². The van der Waals surface area contributed by atoms with E-state index in [0.29, 0.717) is 0 Å². The third-order valence-corrected chi connectivity index (χ3v) is 4.41. The lowest BCUT2D eigenvalue weighted by molar-refractivity contribution is 0.321. The normalized spacial score (nSPS) is 16.7. The van der Waals surface area contributed by atoms with Gasteiger partial charge >= 0.3 is 0 Å². The van der Waals surface area contributed by atoms with Gasteiger partial charge in [0.2, 0.25) is 0 Å². The summed E-state index contributed by atoms with van der Waals surface area (Å²) in [6, 6.07) is 8.28. The van der Waals surface area contributed by atoms with E-state index in [-0.39, 0.29) is 0 Å². The summed E-state index contributed by atoms with van der Waals surface area (Å²) in [6.07, 6.45) is 6.62. The summed E-state index contributed by atoms with van der Waals surface area (Å²) in [4.78, 5) is 0. The molecule has 2 heterocycles. The van der Waals surface area contributed by atoms with Gasteiger partial charge in [0.25, 0.3) is 0 Å². The SMILES string of the molecule is Brc1ccccc1-c1cnn(CC2CCNCC2)c1. The Kier molecular flexibility index (Phi) is 3.99. The molecule has 3 nitrogen and oxygen atoms in total. The Bertz CT molecular complexity index is 544. The highest BCUT2D eigenvalue weighted by molar-refractivity contribution is 9.10. The topological polar surface area (TPSA) is 29.9 Å². The minimum Gasteiger partial charge on any atom is -0.317 e. The number of hydrogen-bond donors (Lipinski definition) is 1. The van der Waals surface area contributed by atoms with Crippen LogP contribution in [0.3, 0.4) is 0 Å². The minimum absolute atomic E-state index is 0.758. The summed E-state index contributed by atoms with van der Waals surface area (Å²) >= 11 is 3.60. The van der Waals surface area contributed by atoms with Crippen molar-refractivity contribution in [3.8, 4) is 11.1 Å². The molecular weight excluding hydrogens is 302 g/mol. The first-order valence-electron chi connectivity index (χ1n) is 6.81. The van der Waals surface area contributed by atoms with Crippen molar-refractivity contribution in [2.45, 2.75) is 19.4 Å². The third kappa shape index (κ3) is 3.07. The van der Waals surface area contributed by atoms with E-state index in [0.717, 1.165) is 30.0 Å². The van der Waals surface area contributed by atoms with Crippen molar-refractivity contribution in [1.82, 2.24) is 15.1 Å². The van der Waals surface area contributed by atoms with Crippen LogP contribution in [0.4, 0.5) is 0 Å². The van der Waals surface area contributed by atoms with E-state index in [1.54, 1.807) is 0 Å². The van der Waals surface area contributed by atoms with Gasteiger partial charge in [-0.2, -0.15) is 5.10 Å². The van der Waals surface area contributed by atoms with Gasteiger partial charge in [-0.1, -0.05) is 34.1 Å². The number of aromatic nitrogens is 2. The van der Waals surface area contributed by atoms with Gasteiger partial charge in [-0.25, -0.2) is 0 Å². The van der Waals surface area contributed by atoms with Crippen LogP contribution in [0.15, 0.2) is 41.1 Å². The molecule has 1 aliphatic rings. The second-order valence-electron chi connectivity index (χ2n) is 5.12. The van der Waals surface area contributed by atoms with Crippen LogP contribution in [0.5, 0.6) is 0 Å². The molecular formula is C15H18BrN3. The van der Waals surface area contributed by atoms with Gasteiger partial charge in [0.15, 0.2) is 0 Å². The summed E-state index contributed by atoms with van der Waals surface area (Å²) in [5.41, 5.74) is 2.39. The van der Waals surface area contributed by atoms with Crippen LogP contribution in [0.1, 0.15) is 12.8 Å². The standard InChI is InChI=1S/C15H18BrN3/c16-15-4-2-1-3-14(15)13-9-18-19(11-13)10-12-5-7-17-8-6-12/h1-4,9,11-12,17H,5-8,10H2. The monoisotopic (exact) mass is 319 g/mol. The largest absolute Gasteiger partial charge is 0.317 e. The Morgan fingerprint density at radius 1 is 1.26 bits per heavy atom. The van der Waals surface area contributed by atoms with Crippen LogP contribution in [-0.2, 0) is 6.54 Å². The van der Waals surface area contributed by atoms with Crippen LogP contribution in [0.2, 0.25) is 0 Å². The maximum absolute atomic E-state index is 4.50. The van der Waals surface area contributed by atoms with Crippen molar-refractivity contribution in [1.29, 1.82) is 0 Å². The molecule has 0 bridgehead atoms. The smallest absolute Gasteiger partial charge is 0.0568 e. The molecule has 3 rings (SSSR count). The quantitative estimate of drug-likeness (QED) is 0.940. The number of hydrogen-bond acceptors (Lipinski definition) is 2. The Labute approximate surface area is 122 Å². The molecule has 1 aliphatic heterocycles. The van der Waals surface area contributed by atoms with Crippen LogP contribution in [0.25, 0.3) is 11.1 Å². The average molecular weight is 320 g/mol. The molecule has 0 spiro atoms. The summed E-state index contributed by atoms with van der Waals surface area (Å²) < 4.78 is 3.21. The molecule has 0 atom stereocenters. The van der Waals surface area contributed by atoms with Gasteiger partial charge in [-0.15, -0.1) is 0 Å². The lowest BCUT2D eigenvalue weighted by Gasteiger charge is -2.22. The van der Waals surface area contributed by atoms with E-state index in [2.05, 4.69) is 55.4 Å². The van der Waals surface area contributed by atoms with Crippen LogP contribution in [-0.4, -0.2) is 22.9 Å². The van der Waals surface area contributed by atoms with Crippen LogP contribution < -0.4 is 5.32 Å². The average Bonchev–Trinajstić information content (AvgIpc) is 2.89. The molecule has 19 heavy (non-hydrogen) atoms. The summed E-state index contributed by atoms with van der Waals surface area (Å²) in [5, 5.41) is 7.91. The molecule has 1 aromatic heterocycles. The Hall–Kier alpha value is -1.13. The van der Waals surface area contributed by atoms with Crippen molar-refractivity contribution in [2.24, 2.45) is 5.92 Å². The zero-order valence-corrected chi connectivity index (χ0v) is 12.4. The number of halogens is 1. The van der Waals surface area contributed by atoms with Crippen molar-refractivity contribution in [2.75, 3.05) is 13.1 Å². The lowest BCUT2D eigenvalue weighted by Crippen LogP contribution is -2.29. The van der Waals surface area contributed by atoms with Crippen molar-refractivity contribution in [3.05, 3.63) is 41.1 Å². The fourth-order valence-corrected chi connectivity index (χ4v) is 3.14. The molecule has 1 aromatic carbocycles. The fourth-order valence-electron chi connectivity index (χ4n) is 2.63. The number of piperidine rings is 1. The predicted octanol–water partition coefficient (Wildman–Crippen LogP) is 3.31. The predicted molar refractivity (Wildman–Crippen MR) is 81.0 cm³/mol. The highest BCUT2D eigenvalue weighted by Crippen LogP contribution is 2.27. The Balaban J connectivity index is 1.74. The van der Waals surface area contributed by atoms with Crippen LogP contribution >= 0.6 is 15.9 Å². The van der Waals surface area contributed by atoms with Gasteiger partial charge in [-0.05, 0) is 43.5 Å². The third-order valence-electron chi connectivity index (χ3n) is 3.72. The van der Waals surface area contributed by atoms with Gasteiger partial charge < -0.3 is 5.32 Å². The molecule has 0 aliphatic carbocycles. The van der Waals surface area contributed by atoms with E-state index in [1.165, 1.54) is 24.0 Å². The van der Waals surface area contributed by atoms with E-state index >= 15 is 0 Å². The number of nitrogens with zero attached hydrogens (tertiary/aromatic N) is 2. The van der Waals surface area contributed by atoms with E-state index in [1.807, 2.05) is 12.3 Å². The Morgan fingerprint density at radius 2 is 2.05 bits per heavy atom. The first-order valence-corrected chi connectivity index (χ1v) is 7.60. The molecule has 2 aromatic rings. The minimum atomic E-state index is 0.758. The molecule has 0 radical (unpaired) electrons.